The Kier molecular flexibility index (Phi) is 4.33. The number of amides is 1. The minimum Gasteiger partial charge on any atom is -0.505 e. The number of pyridine rings is 1. The minimum absolute atomic E-state index is 0.0261. The highest BCUT2D eigenvalue weighted by molar-refractivity contribution is 5.94. The van der Waals surface area contributed by atoms with Crippen molar-refractivity contribution < 1.29 is 9.90 Å². The number of nitrogens with zero attached hydrogens (tertiary/aromatic N) is 1. The molecule has 0 aliphatic carbocycles. The van der Waals surface area contributed by atoms with Gasteiger partial charge in [0.05, 0.1) is 0 Å². The molecule has 1 heterocycles. The van der Waals surface area contributed by atoms with E-state index in [0.717, 1.165) is 0 Å². The van der Waals surface area contributed by atoms with Crippen LogP contribution < -0.4 is 5.32 Å². The fourth-order valence-corrected chi connectivity index (χ4v) is 1.20. The van der Waals surface area contributed by atoms with Gasteiger partial charge in [0.15, 0.2) is 5.69 Å². The monoisotopic (exact) mass is 246 g/mol. The summed E-state index contributed by atoms with van der Waals surface area (Å²) in [4.78, 5) is 15.5. The Balaban J connectivity index is 2.99. The van der Waals surface area contributed by atoms with Crippen molar-refractivity contribution in [3.63, 3.8) is 0 Å². The quantitative estimate of drug-likeness (QED) is 0.784. The highest BCUT2D eigenvalue weighted by Crippen LogP contribution is 2.16. The second kappa shape index (κ2) is 5.54. The molecule has 0 radical (unpaired) electrons. The molecule has 1 aromatic heterocycles. The summed E-state index contributed by atoms with van der Waals surface area (Å²) < 4.78 is 0. The van der Waals surface area contributed by atoms with Crippen molar-refractivity contribution in [1.82, 2.24) is 10.3 Å². The van der Waals surface area contributed by atoms with Crippen molar-refractivity contribution in [2.45, 2.75) is 27.7 Å². The highest BCUT2D eigenvalue weighted by atomic mass is 16.3. The number of hydrogen-bond donors (Lipinski definition) is 2. The molecular weight excluding hydrogens is 228 g/mol. The molecule has 0 spiro atoms. The van der Waals surface area contributed by atoms with Crippen LogP contribution in [0.3, 0.4) is 0 Å². The second-order valence-electron chi connectivity index (χ2n) is 4.95. The summed E-state index contributed by atoms with van der Waals surface area (Å²) >= 11 is 0. The van der Waals surface area contributed by atoms with Crippen LogP contribution in [0.5, 0.6) is 5.75 Å². The van der Waals surface area contributed by atoms with Gasteiger partial charge in [-0.2, -0.15) is 0 Å². The molecule has 96 valence electrons. The molecule has 0 unspecified atom stereocenters. The van der Waals surface area contributed by atoms with Crippen LogP contribution in [-0.2, 0) is 0 Å². The molecule has 1 aromatic rings. The SMILES string of the molecule is CCNC(=O)c1ncc(C#CC(C)(C)C)cc1O. The summed E-state index contributed by atoms with van der Waals surface area (Å²) in [6.45, 7) is 8.28. The van der Waals surface area contributed by atoms with E-state index in [4.69, 9.17) is 0 Å². The smallest absolute Gasteiger partial charge is 0.273 e. The molecule has 0 saturated carbocycles. The zero-order valence-electron chi connectivity index (χ0n) is 11.2. The maximum absolute atomic E-state index is 11.5. The minimum atomic E-state index is -0.384. The number of rotatable bonds is 2. The summed E-state index contributed by atoms with van der Waals surface area (Å²) in [5.41, 5.74) is 0.502. The van der Waals surface area contributed by atoms with Crippen molar-refractivity contribution in [1.29, 1.82) is 0 Å². The fraction of sp³-hybridized carbons (Fsp3) is 0.429. The van der Waals surface area contributed by atoms with Gasteiger partial charge in [-0.25, -0.2) is 4.98 Å². The number of nitrogens with one attached hydrogen (secondary N) is 1. The summed E-state index contributed by atoms with van der Waals surface area (Å²) in [5.74, 6) is 5.42. The third-order valence-electron chi connectivity index (χ3n) is 2.00. The average molecular weight is 246 g/mol. The Morgan fingerprint density at radius 1 is 1.50 bits per heavy atom. The van der Waals surface area contributed by atoms with E-state index < -0.39 is 0 Å². The Bertz CT molecular complexity index is 505. The molecule has 4 nitrogen and oxygen atoms in total. The van der Waals surface area contributed by atoms with Crippen molar-refractivity contribution in [2.24, 2.45) is 5.41 Å². The predicted octanol–water partition coefficient (Wildman–Crippen LogP) is 1.93. The van der Waals surface area contributed by atoms with Crippen LogP contribution in [0, 0.1) is 17.3 Å². The normalized spacial score (nSPS) is 10.4. The Morgan fingerprint density at radius 2 is 2.17 bits per heavy atom. The van der Waals surface area contributed by atoms with Crippen LogP contribution in [0.25, 0.3) is 0 Å². The number of hydrogen-bond acceptors (Lipinski definition) is 3. The van der Waals surface area contributed by atoms with Gasteiger partial charge in [-0.05, 0) is 33.8 Å². The fourth-order valence-electron chi connectivity index (χ4n) is 1.20. The van der Waals surface area contributed by atoms with Gasteiger partial charge in [-0.15, -0.1) is 0 Å². The van der Waals surface area contributed by atoms with Gasteiger partial charge in [-0.1, -0.05) is 11.8 Å². The third-order valence-corrected chi connectivity index (χ3v) is 2.00. The summed E-state index contributed by atoms with van der Waals surface area (Å²) in [7, 11) is 0. The number of aromatic nitrogens is 1. The van der Waals surface area contributed by atoms with Gasteiger partial charge in [0.1, 0.15) is 5.75 Å². The number of carbonyl (C=O) groups excluding carboxylic acids is 1. The molecule has 1 amide bonds. The maximum Gasteiger partial charge on any atom is 0.273 e. The number of aromatic hydroxyl groups is 1. The van der Waals surface area contributed by atoms with Crippen molar-refractivity contribution in [3.8, 4) is 17.6 Å². The Labute approximate surface area is 107 Å². The standard InChI is InChI=1S/C14H18N2O2/c1-5-15-13(18)12-11(17)8-10(9-16-12)6-7-14(2,3)4/h8-9,17H,5H2,1-4H3,(H,15,18). The topological polar surface area (TPSA) is 62.2 Å². The van der Waals surface area contributed by atoms with Crippen LogP contribution in [0.15, 0.2) is 12.3 Å². The first-order chi connectivity index (χ1) is 8.33. The largest absolute Gasteiger partial charge is 0.505 e. The van der Waals surface area contributed by atoms with Gasteiger partial charge >= 0.3 is 0 Å². The Hall–Kier alpha value is -2.02. The van der Waals surface area contributed by atoms with E-state index in [1.165, 1.54) is 12.3 Å². The first kappa shape index (κ1) is 14.0. The molecule has 2 N–H and O–H groups in total. The van der Waals surface area contributed by atoms with Crippen LogP contribution in [-0.4, -0.2) is 22.5 Å². The number of carbonyl (C=O) groups is 1. The lowest BCUT2D eigenvalue weighted by molar-refractivity contribution is 0.0948. The predicted molar refractivity (Wildman–Crippen MR) is 70.2 cm³/mol. The first-order valence-corrected chi connectivity index (χ1v) is 5.84. The molecule has 0 bridgehead atoms. The van der Waals surface area contributed by atoms with Crippen LogP contribution in [0.4, 0.5) is 0 Å². The maximum atomic E-state index is 11.5. The van der Waals surface area contributed by atoms with E-state index in [2.05, 4.69) is 22.1 Å². The molecule has 0 saturated heterocycles. The Morgan fingerprint density at radius 3 is 2.67 bits per heavy atom. The first-order valence-electron chi connectivity index (χ1n) is 5.84. The molecule has 1 rings (SSSR count). The molecule has 0 aliphatic rings. The molecule has 0 aromatic carbocycles. The zero-order valence-corrected chi connectivity index (χ0v) is 11.2. The van der Waals surface area contributed by atoms with Gasteiger partial charge in [0.2, 0.25) is 0 Å². The molecule has 0 fully saturated rings. The average Bonchev–Trinajstić information content (AvgIpc) is 2.25. The van der Waals surface area contributed by atoms with E-state index in [-0.39, 0.29) is 22.8 Å². The van der Waals surface area contributed by atoms with E-state index in [1.807, 2.05) is 20.8 Å². The van der Waals surface area contributed by atoms with Crippen molar-refractivity contribution >= 4 is 5.91 Å². The lowest BCUT2D eigenvalue weighted by atomic mass is 9.97. The zero-order chi connectivity index (χ0) is 13.8. The van der Waals surface area contributed by atoms with E-state index in [0.29, 0.717) is 12.1 Å². The molecule has 0 aliphatic heterocycles. The molecule has 0 atom stereocenters. The summed E-state index contributed by atoms with van der Waals surface area (Å²) in [6.07, 6.45) is 1.49. The van der Waals surface area contributed by atoms with Crippen molar-refractivity contribution in [2.75, 3.05) is 6.54 Å². The van der Waals surface area contributed by atoms with Gasteiger partial charge in [0.25, 0.3) is 5.91 Å². The molecule has 4 heteroatoms. The second-order valence-corrected chi connectivity index (χ2v) is 4.95. The van der Waals surface area contributed by atoms with Crippen LogP contribution in [0.2, 0.25) is 0 Å². The van der Waals surface area contributed by atoms with E-state index in [9.17, 15) is 9.90 Å². The van der Waals surface area contributed by atoms with Crippen LogP contribution >= 0.6 is 0 Å². The van der Waals surface area contributed by atoms with Crippen molar-refractivity contribution in [3.05, 3.63) is 23.5 Å². The van der Waals surface area contributed by atoms with Gasteiger partial charge in [-0.3, -0.25) is 4.79 Å². The summed E-state index contributed by atoms with van der Waals surface area (Å²) in [5, 5.41) is 12.3. The third kappa shape index (κ3) is 4.10. The lowest BCUT2D eigenvalue weighted by Crippen LogP contribution is -2.23. The lowest BCUT2D eigenvalue weighted by Gasteiger charge is -2.07. The molecule has 18 heavy (non-hydrogen) atoms. The van der Waals surface area contributed by atoms with Gasteiger partial charge < -0.3 is 10.4 Å². The molecular formula is C14H18N2O2. The highest BCUT2D eigenvalue weighted by Gasteiger charge is 2.12. The van der Waals surface area contributed by atoms with Gasteiger partial charge in [0, 0.05) is 23.7 Å². The van der Waals surface area contributed by atoms with E-state index >= 15 is 0 Å². The summed E-state index contributed by atoms with van der Waals surface area (Å²) in [6, 6.07) is 1.45. The van der Waals surface area contributed by atoms with E-state index in [1.54, 1.807) is 6.92 Å². The van der Waals surface area contributed by atoms with Crippen LogP contribution in [0.1, 0.15) is 43.7 Å².